The van der Waals surface area contributed by atoms with Crippen molar-refractivity contribution in [3.63, 3.8) is 0 Å². The molecule has 0 fully saturated rings. The highest BCUT2D eigenvalue weighted by Crippen LogP contribution is 2.13. The van der Waals surface area contributed by atoms with E-state index in [0.29, 0.717) is 6.61 Å². The molecule has 1 N–H and O–H groups in total. The van der Waals surface area contributed by atoms with Crippen molar-refractivity contribution < 1.29 is 4.74 Å². The molecule has 96 valence electrons. The lowest BCUT2D eigenvalue weighted by molar-refractivity contribution is 0.269. The Bertz CT molecular complexity index is 470. The number of hydrogen-bond donors (Lipinski definition) is 1. The number of nitrogens with zero attached hydrogens (tertiary/aromatic N) is 1. The summed E-state index contributed by atoms with van der Waals surface area (Å²) in [5.74, 6) is 0.910. The monoisotopic (exact) mass is 262 g/mol. The number of nitrogens with one attached hydrogen (secondary N) is 1. The van der Waals surface area contributed by atoms with Crippen LogP contribution in [-0.4, -0.2) is 24.7 Å². The van der Waals surface area contributed by atoms with E-state index in [4.69, 9.17) is 4.74 Å². The van der Waals surface area contributed by atoms with E-state index in [9.17, 15) is 0 Å². The zero-order valence-electron chi connectivity index (χ0n) is 10.7. The first-order valence-electron chi connectivity index (χ1n) is 6.04. The molecule has 0 aliphatic carbocycles. The Morgan fingerprint density at radius 3 is 2.72 bits per heavy atom. The van der Waals surface area contributed by atoms with E-state index in [2.05, 4.69) is 15.7 Å². The quantitative estimate of drug-likeness (QED) is 0.869. The van der Waals surface area contributed by atoms with Crippen molar-refractivity contribution in [3.05, 3.63) is 46.4 Å². The molecule has 0 bridgehead atoms. The molecule has 0 amide bonds. The van der Waals surface area contributed by atoms with E-state index < -0.39 is 0 Å². The highest BCUT2D eigenvalue weighted by molar-refractivity contribution is 7.09. The van der Waals surface area contributed by atoms with Gasteiger partial charge in [-0.15, -0.1) is 11.3 Å². The van der Waals surface area contributed by atoms with Gasteiger partial charge >= 0.3 is 0 Å². The van der Waals surface area contributed by atoms with Gasteiger partial charge in [0.1, 0.15) is 12.4 Å². The van der Waals surface area contributed by atoms with Gasteiger partial charge in [-0.25, -0.2) is 4.98 Å². The molecule has 0 saturated carbocycles. The van der Waals surface area contributed by atoms with E-state index in [1.807, 2.05) is 44.3 Å². The third-order valence-corrected chi connectivity index (χ3v) is 3.68. The summed E-state index contributed by atoms with van der Waals surface area (Å²) in [6, 6.07) is 10.2. The maximum Gasteiger partial charge on any atom is 0.119 e. The number of thiazole rings is 1. The van der Waals surface area contributed by atoms with Gasteiger partial charge in [-0.3, -0.25) is 0 Å². The number of rotatable bonds is 6. The standard InChI is InChI=1S/C14H18N2OS/c1-11-10-18-14(16-11)8-12(15-2)9-17-13-6-4-3-5-7-13/h3-7,10,12,15H,8-9H2,1-2H3. The zero-order valence-corrected chi connectivity index (χ0v) is 11.5. The second-order valence-corrected chi connectivity index (χ2v) is 5.14. The van der Waals surface area contributed by atoms with Crippen molar-refractivity contribution in [1.82, 2.24) is 10.3 Å². The van der Waals surface area contributed by atoms with Crippen LogP contribution in [0, 0.1) is 6.92 Å². The summed E-state index contributed by atoms with van der Waals surface area (Å²) in [6.07, 6.45) is 0.905. The first-order valence-corrected chi connectivity index (χ1v) is 6.92. The van der Waals surface area contributed by atoms with E-state index in [1.165, 1.54) is 0 Å². The van der Waals surface area contributed by atoms with E-state index in [-0.39, 0.29) is 6.04 Å². The van der Waals surface area contributed by atoms with Gasteiger partial charge in [-0.2, -0.15) is 0 Å². The Balaban J connectivity index is 1.86. The molecule has 1 unspecified atom stereocenters. The summed E-state index contributed by atoms with van der Waals surface area (Å²) < 4.78 is 5.75. The van der Waals surface area contributed by atoms with Gasteiger partial charge in [0.15, 0.2) is 0 Å². The average molecular weight is 262 g/mol. The SMILES string of the molecule is CNC(COc1ccccc1)Cc1nc(C)cs1. The summed E-state index contributed by atoms with van der Waals surface area (Å²) in [4.78, 5) is 4.48. The number of likely N-dealkylation sites (N-methyl/N-ethyl adjacent to an activating group) is 1. The van der Waals surface area contributed by atoms with Crippen LogP contribution in [0.4, 0.5) is 0 Å². The fourth-order valence-electron chi connectivity index (χ4n) is 1.67. The minimum absolute atomic E-state index is 0.288. The van der Waals surface area contributed by atoms with Gasteiger partial charge in [0, 0.05) is 23.5 Å². The molecule has 0 radical (unpaired) electrons. The van der Waals surface area contributed by atoms with Gasteiger partial charge in [-0.1, -0.05) is 18.2 Å². The summed E-state index contributed by atoms with van der Waals surface area (Å²) in [6.45, 7) is 2.67. The minimum Gasteiger partial charge on any atom is -0.492 e. The molecule has 1 heterocycles. The Morgan fingerprint density at radius 1 is 1.33 bits per heavy atom. The highest BCUT2D eigenvalue weighted by Gasteiger charge is 2.10. The van der Waals surface area contributed by atoms with Crippen LogP contribution in [-0.2, 0) is 6.42 Å². The van der Waals surface area contributed by atoms with E-state index >= 15 is 0 Å². The Kier molecular flexibility index (Phi) is 4.73. The minimum atomic E-state index is 0.288. The topological polar surface area (TPSA) is 34.1 Å². The molecule has 2 aromatic rings. The van der Waals surface area contributed by atoms with Crippen molar-refractivity contribution in [1.29, 1.82) is 0 Å². The lowest BCUT2D eigenvalue weighted by Crippen LogP contribution is -2.33. The lowest BCUT2D eigenvalue weighted by atomic mass is 10.2. The van der Waals surface area contributed by atoms with Crippen molar-refractivity contribution in [3.8, 4) is 5.75 Å². The van der Waals surface area contributed by atoms with E-state index in [1.54, 1.807) is 11.3 Å². The van der Waals surface area contributed by atoms with Gasteiger partial charge in [-0.05, 0) is 26.1 Å². The zero-order chi connectivity index (χ0) is 12.8. The van der Waals surface area contributed by atoms with Crippen molar-refractivity contribution >= 4 is 11.3 Å². The summed E-state index contributed by atoms with van der Waals surface area (Å²) in [5, 5.41) is 6.51. The molecule has 18 heavy (non-hydrogen) atoms. The Hall–Kier alpha value is -1.39. The highest BCUT2D eigenvalue weighted by atomic mass is 32.1. The first-order chi connectivity index (χ1) is 8.78. The molecule has 0 aliphatic rings. The fourth-order valence-corrected chi connectivity index (χ4v) is 2.52. The summed E-state index contributed by atoms with van der Waals surface area (Å²) >= 11 is 1.71. The van der Waals surface area contributed by atoms with Crippen LogP contribution in [0.25, 0.3) is 0 Å². The van der Waals surface area contributed by atoms with Crippen LogP contribution in [0.5, 0.6) is 5.75 Å². The van der Waals surface area contributed by atoms with E-state index in [0.717, 1.165) is 22.9 Å². The smallest absolute Gasteiger partial charge is 0.119 e. The molecule has 3 nitrogen and oxygen atoms in total. The van der Waals surface area contributed by atoms with Crippen molar-refractivity contribution in [2.24, 2.45) is 0 Å². The molecule has 1 atom stereocenters. The molecular weight excluding hydrogens is 244 g/mol. The van der Waals surface area contributed by atoms with Gasteiger partial charge in [0.05, 0.1) is 5.01 Å². The predicted molar refractivity (Wildman–Crippen MR) is 75.3 cm³/mol. The number of ether oxygens (including phenoxy) is 1. The van der Waals surface area contributed by atoms with Crippen LogP contribution in [0.15, 0.2) is 35.7 Å². The third kappa shape index (κ3) is 3.82. The molecule has 0 aliphatic heterocycles. The molecule has 4 heteroatoms. The maximum atomic E-state index is 5.75. The second kappa shape index (κ2) is 6.52. The van der Waals surface area contributed by atoms with Gasteiger partial charge in [0.2, 0.25) is 0 Å². The number of aromatic nitrogens is 1. The summed E-state index contributed by atoms with van der Waals surface area (Å²) in [5.41, 5.74) is 1.09. The van der Waals surface area contributed by atoms with Crippen LogP contribution in [0.3, 0.4) is 0 Å². The Morgan fingerprint density at radius 2 is 2.11 bits per heavy atom. The Labute approximate surface area is 112 Å². The molecule has 0 spiro atoms. The number of para-hydroxylation sites is 1. The normalized spacial score (nSPS) is 12.3. The van der Waals surface area contributed by atoms with Crippen molar-refractivity contribution in [2.45, 2.75) is 19.4 Å². The third-order valence-electron chi connectivity index (χ3n) is 2.69. The van der Waals surface area contributed by atoms with Gasteiger partial charge in [0.25, 0.3) is 0 Å². The van der Waals surface area contributed by atoms with Crippen LogP contribution in [0.1, 0.15) is 10.7 Å². The number of benzene rings is 1. The fraction of sp³-hybridized carbons (Fsp3) is 0.357. The van der Waals surface area contributed by atoms with Gasteiger partial charge < -0.3 is 10.1 Å². The van der Waals surface area contributed by atoms with Crippen LogP contribution in [0.2, 0.25) is 0 Å². The first kappa shape index (κ1) is 13.1. The molecule has 0 saturated heterocycles. The number of hydrogen-bond acceptors (Lipinski definition) is 4. The predicted octanol–water partition coefficient (Wildman–Crippen LogP) is 2.66. The number of aryl methyl sites for hydroxylation is 1. The molecular formula is C14H18N2OS. The van der Waals surface area contributed by atoms with Crippen LogP contribution < -0.4 is 10.1 Å². The second-order valence-electron chi connectivity index (χ2n) is 4.20. The molecule has 1 aromatic carbocycles. The maximum absolute atomic E-state index is 5.75. The largest absolute Gasteiger partial charge is 0.492 e. The molecule has 2 rings (SSSR count). The van der Waals surface area contributed by atoms with Crippen LogP contribution >= 0.6 is 11.3 Å². The summed E-state index contributed by atoms with van der Waals surface area (Å²) in [7, 11) is 1.96. The molecule has 1 aromatic heterocycles. The lowest BCUT2D eigenvalue weighted by Gasteiger charge is -2.15. The average Bonchev–Trinajstić information content (AvgIpc) is 2.81. The van der Waals surface area contributed by atoms with Crippen molar-refractivity contribution in [2.75, 3.05) is 13.7 Å².